The van der Waals surface area contributed by atoms with E-state index in [0.717, 1.165) is 0 Å². The van der Waals surface area contributed by atoms with E-state index < -0.39 is 0 Å². The van der Waals surface area contributed by atoms with Crippen LogP contribution >= 0.6 is 0 Å². The lowest BCUT2D eigenvalue weighted by Gasteiger charge is -2.13. The molecule has 3 rings (SSSR count). The number of aryl methyl sites for hydroxylation is 2. The van der Waals surface area contributed by atoms with Gasteiger partial charge in [0.2, 0.25) is 0 Å². The van der Waals surface area contributed by atoms with Crippen molar-refractivity contribution in [3.05, 3.63) is 69.9 Å². The molecule has 0 bridgehead atoms. The second-order valence-corrected chi connectivity index (χ2v) is 5.49. The van der Waals surface area contributed by atoms with Crippen LogP contribution < -0.4 is 5.56 Å². The Hall–Kier alpha value is -2.69. The van der Waals surface area contributed by atoms with Gasteiger partial charge in [-0.15, -0.1) is 0 Å². The second kappa shape index (κ2) is 5.60. The van der Waals surface area contributed by atoms with Gasteiger partial charge in [0, 0.05) is 12.3 Å². The topological polar surface area (TPSA) is 63.6 Å². The molecule has 0 radical (unpaired) electrons. The molecule has 0 fully saturated rings. The zero-order valence-corrected chi connectivity index (χ0v) is 12.9. The highest BCUT2D eigenvalue weighted by Crippen LogP contribution is 2.20. The van der Waals surface area contributed by atoms with Crippen molar-refractivity contribution in [3.63, 3.8) is 0 Å². The van der Waals surface area contributed by atoms with Gasteiger partial charge in [0.15, 0.2) is 0 Å². The van der Waals surface area contributed by atoms with Crippen molar-refractivity contribution in [2.24, 2.45) is 0 Å². The quantitative estimate of drug-likeness (QED) is 0.808. The van der Waals surface area contributed by atoms with E-state index in [1.165, 1.54) is 17.2 Å². The van der Waals surface area contributed by atoms with Crippen LogP contribution in [0.5, 0.6) is 0 Å². The fourth-order valence-electron chi connectivity index (χ4n) is 2.48. The zero-order chi connectivity index (χ0) is 15.7. The molecule has 0 spiro atoms. The summed E-state index contributed by atoms with van der Waals surface area (Å²) in [5.41, 5.74) is 3.56. The predicted molar refractivity (Wildman–Crippen MR) is 85.8 cm³/mol. The number of nitrogens with zero attached hydrogens (tertiary/aromatic N) is 3. The van der Waals surface area contributed by atoms with Crippen LogP contribution in [0.3, 0.4) is 0 Å². The molecular weight excluding hydrogens is 276 g/mol. The number of benzene rings is 1. The molecule has 0 aliphatic rings. The van der Waals surface area contributed by atoms with Crippen LogP contribution in [0.1, 0.15) is 29.9 Å². The summed E-state index contributed by atoms with van der Waals surface area (Å²) < 4.78 is 1.89. The maximum absolute atomic E-state index is 11.6. The summed E-state index contributed by atoms with van der Waals surface area (Å²) in [6.45, 7) is 5.94. The van der Waals surface area contributed by atoms with Crippen molar-refractivity contribution in [1.82, 2.24) is 19.7 Å². The molecule has 0 saturated carbocycles. The largest absolute Gasteiger partial charge is 0.311 e. The van der Waals surface area contributed by atoms with Crippen molar-refractivity contribution in [3.8, 4) is 11.4 Å². The number of aromatic amines is 1. The van der Waals surface area contributed by atoms with E-state index in [2.05, 4.69) is 47.1 Å². The first-order chi connectivity index (χ1) is 10.5. The van der Waals surface area contributed by atoms with Crippen molar-refractivity contribution < 1.29 is 0 Å². The molecule has 1 unspecified atom stereocenters. The fraction of sp³-hybridized carbons (Fsp3) is 0.235. The molecule has 1 N–H and O–H groups in total. The molecule has 22 heavy (non-hydrogen) atoms. The summed E-state index contributed by atoms with van der Waals surface area (Å²) in [5.74, 6) is 0.587. The molecular formula is C17H18N4O. The highest BCUT2D eigenvalue weighted by molar-refractivity contribution is 5.52. The molecule has 5 heteroatoms. The van der Waals surface area contributed by atoms with Gasteiger partial charge in [0.05, 0.1) is 11.7 Å². The SMILES string of the molecule is Cc1cccc(C(C)n2ccc(-c3cc(=O)[nH]c(C)n3)n2)c1. The van der Waals surface area contributed by atoms with Crippen molar-refractivity contribution in [1.29, 1.82) is 0 Å². The first kappa shape index (κ1) is 14.3. The second-order valence-electron chi connectivity index (χ2n) is 5.49. The van der Waals surface area contributed by atoms with Crippen LogP contribution in [0.2, 0.25) is 0 Å². The first-order valence-electron chi connectivity index (χ1n) is 7.23. The monoisotopic (exact) mass is 294 g/mol. The van der Waals surface area contributed by atoms with E-state index >= 15 is 0 Å². The molecule has 112 valence electrons. The van der Waals surface area contributed by atoms with E-state index in [9.17, 15) is 4.79 Å². The highest BCUT2D eigenvalue weighted by Gasteiger charge is 2.11. The van der Waals surface area contributed by atoms with Gasteiger partial charge in [-0.1, -0.05) is 29.8 Å². The van der Waals surface area contributed by atoms with E-state index in [0.29, 0.717) is 17.2 Å². The molecule has 2 aromatic heterocycles. The van der Waals surface area contributed by atoms with Crippen molar-refractivity contribution in [2.45, 2.75) is 26.8 Å². The van der Waals surface area contributed by atoms with Crippen molar-refractivity contribution >= 4 is 0 Å². The van der Waals surface area contributed by atoms with Crippen LogP contribution in [-0.4, -0.2) is 19.7 Å². The van der Waals surface area contributed by atoms with E-state index in [1.54, 1.807) is 6.92 Å². The van der Waals surface area contributed by atoms with E-state index in [1.807, 2.05) is 23.0 Å². The summed E-state index contributed by atoms with van der Waals surface area (Å²) in [6, 6.07) is 11.8. The smallest absolute Gasteiger partial charge is 0.251 e. The van der Waals surface area contributed by atoms with Crippen LogP contribution in [0, 0.1) is 13.8 Å². The van der Waals surface area contributed by atoms with E-state index in [-0.39, 0.29) is 11.6 Å². The summed E-state index contributed by atoms with van der Waals surface area (Å²) in [5, 5.41) is 4.57. The molecule has 0 amide bonds. The zero-order valence-electron chi connectivity index (χ0n) is 12.9. The highest BCUT2D eigenvalue weighted by atomic mass is 16.1. The Morgan fingerprint density at radius 2 is 1.95 bits per heavy atom. The molecule has 0 saturated heterocycles. The third-order valence-electron chi connectivity index (χ3n) is 3.65. The summed E-state index contributed by atoms with van der Waals surface area (Å²) in [6.07, 6.45) is 1.92. The summed E-state index contributed by atoms with van der Waals surface area (Å²) in [7, 11) is 0. The lowest BCUT2D eigenvalue weighted by Crippen LogP contribution is -2.10. The molecule has 0 aliphatic heterocycles. The maximum atomic E-state index is 11.6. The lowest BCUT2D eigenvalue weighted by atomic mass is 10.1. The Morgan fingerprint density at radius 3 is 2.68 bits per heavy atom. The average molecular weight is 294 g/mol. The van der Waals surface area contributed by atoms with Crippen LogP contribution in [-0.2, 0) is 0 Å². The fourth-order valence-corrected chi connectivity index (χ4v) is 2.48. The number of H-pyrrole nitrogens is 1. The molecule has 1 atom stereocenters. The third-order valence-corrected chi connectivity index (χ3v) is 3.65. The van der Waals surface area contributed by atoms with Gasteiger partial charge in [-0.3, -0.25) is 9.48 Å². The molecule has 1 aromatic carbocycles. The summed E-state index contributed by atoms with van der Waals surface area (Å²) >= 11 is 0. The number of hydrogen-bond donors (Lipinski definition) is 1. The Bertz CT molecular complexity index is 863. The minimum absolute atomic E-state index is 0.122. The number of hydrogen-bond acceptors (Lipinski definition) is 3. The van der Waals surface area contributed by atoms with Crippen molar-refractivity contribution in [2.75, 3.05) is 0 Å². The maximum Gasteiger partial charge on any atom is 0.251 e. The average Bonchev–Trinajstić information content (AvgIpc) is 2.95. The summed E-state index contributed by atoms with van der Waals surface area (Å²) in [4.78, 5) is 18.5. The Kier molecular flexibility index (Phi) is 3.63. The van der Waals surface area contributed by atoms with Gasteiger partial charge in [-0.05, 0) is 32.4 Å². The number of nitrogens with one attached hydrogen (secondary N) is 1. The van der Waals surface area contributed by atoms with Gasteiger partial charge in [-0.2, -0.15) is 5.10 Å². The van der Waals surface area contributed by atoms with Crippen LogP contribution in [0.25, 0.3) is 11.4 Å². The lowest BCUT2D eigenvalue weighted by molar-refractivity contribution is 0.565. The van der Waals surface area contributed by atoms with Gasteiger partial charge < -0.3 is 4.98 Å². The molecule has 2 heterocycles. The Labute approximate surface area is 128 Å². The standard InChI is InChI=1S/C17H18N4O/c1-11-5-4-6-14(9-11)12(2)21-8-7-15(20-21)16-10-17(22)19-13(3)18-16/h4-10,12H,1-3H3,(H,18,19,22). The minimum Gasteiger partial charge on any atom is -0.311 e. The van der Waals surface area contributed by atoms with Gasteiger partial charge in [0.1, 0.15) is 11.5 Å². The molecule has 0 aliphatic carbocycles. The van der Waals surface area contributed by atoms with Gasteiger partial charge >= 0.3 is 0 Å². The Balaban J connectivity index is 1.95. The minimum atomic E-state index is -0.163. The third kappa shape index (κ3) is 2.83. The first-order valence-corrected chi connectivity index (χ1v) is 7.23. The van der Waals surface area contributed by atoms with Gasteiger partial charge in [0.25, 0.3) is 5.56 Å². The predicted octanol–water partition coefficient (Wildman–Crippen LogP) is 2.86. The molecule has 5 nitrogen and oxygen atoms in total. The van der Waals surface area contributed by atoms with Crippen LogP contribution in [0.15, 0.2) is 47.4 Å². The Morgan fingerprint density at radius 1 is 1.14 bits per heavy atom. The van der Waals surface area contributed by atoms with Crippen LogP contribution in [0.4, 0.5) is 0 Å². The molecule has 3 aromatic rings. The van der Waals surface area contributed by atoms with E-state index in [4.69, 9.17) is 0 Å². The number of aromatic nitrogens is 4. The number of rotatable bonds is 3. The van der Waals surface area contributed by atoms with Gasteiger partial charge in [-0.25, -0.2) is 4.98 Å². The normalized spacial score (nSPS) is 12.3.